The molecular weight excluding hydrogens is 560 g/mol. The molecule has 12 heteroatoms. The highest BCUT2D eigenvalue weighted by Crippen LogP contribution is 2.38. The van der Waals surface area contributed by atoms with Gasteiger partial charge in [0.2, 0.25) is 5.82 Å². The minimum Gasteiger partial charge on any atom is -0.508 e. The van der Waals surface area contributed by atoms with Crippen molar-refractivity contribution >= 4 is 24.2 Å². The van der Waals surface area contributed by atoms with Gasteiger partial charge in [0.05, 0.1) is 5.56 Å². The molecule has 0 radical (unpaired) electrons. The number of carbonyl (C=O) groups excluding carboxylic acids is 2. The Bertz CT molecular complexity index is 1520. The van der Waals surface area contributed by atoms with Crippen LogP contribution in [-0.4, -0.2) is 63.5 Å². The van der Waals surface area contributed by atoms with Crippen molar-refractivity contribution in [3.63, 3.8) is 0 Å². The van der Waals surface area contributed by atoms with E-state index in [1.807, 2.05) is 20.9 Å². The normalized spacial score (nSPS) is 10.7. The first-order chi connectivity index (χ1) is 19.7. The van der Waals surface area contributed by atoms with Gasteiger partial charge in [-0.1, -0.05) is 13.8 Å². The van der Waals surface area contributed by atoms with E-state index in [2.05, 4.69) is 26.1 Å². The van der Waals surface area contributed by atoms with E-state index in [1.54, 1.807) is 66.1 Å². The van der Waals surface area contributed by atoms with Crippen molar-refractivity contribution in [3.05, 3.63) is 77.6 Å². The van der Waals surface area contributed by atoms with E-state index in [1.165, 1.54) is 6.07 Å². The van der Waals surface area contributed by atoms with Gasteiger partial charge in [-0.2, -0.15) is 0 Å². The molecule has 1 aromatic heterocycles. The van der Waals surface area contributed by atoms with Gasteiger partial charge >= 0.3 is 0 Å². The molecule has 3 aromatic carbocycles. The molecule has 5 N–H and O–H groups in total. The molecule has 4 aromatic rings. The molecule has 4 rings (SSSR count). The monoisotopic (exact) mass is 594 g/mol. The number of aromatic nitrogens is 3. The van der Waals surface area contributed by atoms with Gasteiger partial charge in [-0.05, 0) is 80.1 Å². The summed E-state index contributed by atoms with van der Waals surface area (Å²) >= 11 is 0. The first-order valence-corrected chi connectivity index (χ1v) is 13.3. The van der Waals surface area contributed by atoms with Crippen LogP contribution in [-0.2, 0) is 0 Å². The van der Waals surface area contributed by atoms with E-state index in [0.717, 1.165) is 0 Å². The van der Waals surface area contributed by atoms with Crippen LogP contribution in [0.15, 0.2) is 60.7 Å². The lowest BCUT2D eigenvalue weighted by Gasteiger charge is -2.15. The van der Waals surface area contributed by atoms with Crippen LogP contribution in [0.5, 0.6) is 23.0 Å². The fraction of sp³-hybridized carbons (Fsp3) is 0.267. The van der Waals surface area contributed by atoms with Crippen molar-refractivity contribution < 1.29 is 24.5 Å². The number of halogens is 1. The number of likely N-dealkylation sites (N-methyl/N-ethyl adjacent to an activating group) is 1. The smallest absolute Gasteiger partial charge is 0.289 e. The minimum atomic E-state index is -0.427. The van der Waals surface area contributed by atoms with E-state index in [4.69, 9.17) is 4.74 Å². The third kappa shape index (κ3) is 7.17. The van der Waals surface area contributed by atoms with Gasteiger partial charge in [0, 0.05) is 37.0 Å². The van der Waals surface area contributed by atoms with Gasteiger partial charge in [-0.15, -0.1) is 22.6 Å². The van der Waals surface area contributed by atoms with Crippen LogP contribution < -0.4 is 20.7 Å². The minimum absolute atomic E-state index is 0. The van der Waals surface area contributed by atoms with E-state index in [0.29, 0.717) is 53.5 Å². The van der Waals surface area contributed by atoms with Crippen molar-refractivity contribution in [2.75, 3.05) is 26.7 Å². The average molecular weight is 595 g/mol. The summed E-state index contributed by atoms with van der Waals surface area (Å²) in [5, 5.41) is 37.9. The summed E-state index contributed by atoms with van der Waals surface area (Å²) < 4.78 is 7.51. The average Bonchev–Trinajstić information content (AvgIpc) is 3.39. The Hall–Kier alpha value is -4.61. The van der Waals surface area contributed by atoms with E-state index in [9.17, 15) is 19.8 Å². The first kappa shape index (κ1) is 31.9. The predicted octanol–water partition coefficient (Wildman–Crippen LogP) is 4.38. The Balaban J connectivity index is 0.00000484. The molecule has 0 bridgehead atoms. The number of amides is 2. The third-order valence-electron chi connectivity index (χ3n) is 6.32. The summed E-state index contributed by atoms with van der Waals surface area (Å²) in [5.74, 6) is 0.527. The number of phenols is 2. The van der Waals surface area contributed by atoms with Crippen LogP contribution in [0, 0.1) is 0 Å². The van der Waals surface area contributed by atoms with Crippen LogP contribution in [0.25, 0.3) is 17.1 Å². The van der Waals surface area contributed by atoms with Gasteiger partial charge < -0.3 is 30.9 Å². The topological polar surface area (TPSA) is 151 Å². The summed E-state index contributed by atoms with van der Waals surface area (Å²) in [4.78, 5) is 25.1. The second kappa shape index (κ2) is 14.3. The number of ether oxygens (including phenoxy) is 1. The molecule has 42 heavy (non-hydrogen) atoms. The standard InChI is InChI=1S/C30H34N6O5.ClH/c1-5-32-30(40)28-35-34-27(24-16-23(18(2)3)25(37)17-26(24)38)36(28)20-8-12-22(13-9-20)41-21-10-6-19(7-11-21)29(39)33-15-14-31-4;/h6-13,16-18,31,37-38H,5,14-15H2,1-4H3,(H,32,40)(H,33,39);1H. The maximum atomic E-state index is 12.9. The van der Waals surface area contributed by atoms with Crippen LogP contribution in [0.3, 0.4) is 0 Å². The number of benzene rings is 3. The maximum absolute atomic E-state index is 12.9. The zero-order valence-electron chi connectivity index (χ0n) is 23.8. The molecule has 0 unspecified atom stereocenters. The summed E-state index contributed by atoms with van der Waals surface area (Å²) in [6.45, 7) is 7.25. The fourth-order valence-electron chi connectivity index (χ4n) is 4.20. The summed E-state index contributed by atoms with van der Waals surface area (Å²) in [5.41, 5.74) is 2.03. The van der Waals surface area contributed by atoms with Crippen molar-refractivity contribution in [1.29, 1.82) is 0 Å². The summed E-state index contributed by atoms with van der Waals surface area (Å²) in [6, 6.07) is 16.7. The Kier molecular flexibility index (Phi) is 10.9. The highest BCUT2D eigenvalue weighted by atomic mass is 35.5. The molecule has 0 saturated carbocycles. The SMILES string of the molecule is CCNC(=O)c1nnc(-c2cc(C(C)C)c(O)cc2O)n1-c1ccc(Oc2ccc(C(=O)NCCNC)cc2)cc1.Cl. The number of carbonyl (C=O) groups is 2. The van der Waals surface area contributed by atoms with Crippen LogP contribution in [0.1, 0.15) is 53.2 Å². The van der Waals surface area contributed by atoms with Gasteiger partial charge in [0.1, 0.15) is 23.0 Å². The Labute approximate surface area is 250 Å². The zero-order valence-corrected chi connectivity index (χ0v) is 24.7. The molecule has 0 atom stereocenters. The maximum Gasteiger partial charge on any atom is 0.289 e. The van der Waals surface area contributed by atoms with Crippen LogP contribution in [0.4, 0.5) is 0 Å². The van der Waals surface area contributed by atoms with Gasteiger partial charge in [-0.3, -0.25) is 14.2 Å². The molecule has 222 valence electrons. The second-order valence-electron chi connectivity index (χ2n) is 9.60. The Morgan fingerprint density at radius 1 is 0.881 bits per heavy atom. The van der Waals surface area contributed by atoms with E-state index >= 15 is 0 Å². The van der Waals surface area contributed by atoms with Crippen LogP contribution in [0.2, 0.25) is 0 Å². The quantitative estimate of drug-likeness (QED) is 0.161. The lowest BCUT2D eigenvalue weighted by molar-refractivity contribution is 0.0939. The third-order valence-corrected chi connectivity index (χ3v) is 6.32. The largest absolute Gasteiger partial charge is 0.508 e. The molecule has 0 aliphatic rings. The predicted molar refractivity (Wildman–Crippen MR) is 162 cm³/mol. The number of hydrogen-bond donors (Lipinski definition) is 5. The number of phenolic OH excluding ortho intramolecular Hbond substituents is 2. The van der Waals surface area contributed by atoms with E-state index < -0.39 is 5.91 Å². The van der Waals surface area contributed by atoms with Gasteiger partial charge in [0.15, 0.2) is 5.82 Å². The number of nitrogens with one attached hydrogen (secondary N) is 3. The Morgan fingerprint density at radius 2 is 1.52 bits per heavy atom. The molecule has 0 aliphatic carbocycles. The van der Waals surface area contributed by atoms with Crippen LogP contribution >= 0.6 is 12.4 Å². The molecule has 1 heterocycles. The molecule has 0 fully saturated rings. The Morgan fingerprint density at radius 3 is 2.12 bits per heavy atom. The molecular formula is C30H35ClN6O5. The van der Waals surface area contributed by atoms with Gasteiger partial charge in [-0.25, -0.2) is 0 Å². The van der Waals surface area contributed by atoms with Crippen molar-refractivity contribution in [3.8, 4) is 40.1 Å². The number of hydrogen-bond acceptors (Lipinski definition) is 8. The van der Waals surface area contributed by atoms with Crippen molar-refractivity contribution in [2.24, 2.45) is 0 Å². The van der Waals surface area contributed by atoms with Gasteiger partial charge in [0.25, 0.3) is 11.8 Å². The lowest BCUT2D eigenvalue weighted by Crippen LogP contribution is -2.30. The van der Waals surface area contributed by atoms with Crippen molar-refractivity contribution in [2.45, 2.75) is 26.7 Å². The van der Waals surface area contributed by atoms with E-state index in [-0.39, 0.29) is 47.4 Å². The highest BCUT2D eigenvalue weighted by molar-refractivity contribution is 5.94. The lowest BCUT2D eigenvalue weighted by atomic mass is 9.98. The highest BCUT2D eigenvalue weighted by Gasteiger charge is 2.24. The molecule has 0 aliphatic heterocycles. The number of nitrogens with zero attached hydrogens (tertiary/aromatic N) is 3. The molecule has 0 spiro atoms. The molecule has 2 amide bonds. The summed E-state index contributed by atoms with van der Waals surface area (Å²) in [6.07, 6.45) is 0. The fourth-order valence-corrected chi connectivity index (χ4v) is 4.20. The second-order valence-corrected chi connectivity index (χ2v) is 9.60. The first-order valence-electron chi connectivity index (χ1n) is 13.3. The molecule has 11 nitrogen and oxygen atoms in total. The molecule has 0 saturated heterocycles. The van der Waals surface area contributed by atoms with Crippen molar-refractivity contribution in [1.82, 2.24) is 30.7 Å². The zero-order chi connectivity index (χ0) is 29.5. The summed E-state index contributed by atoms with van der Waals surface area (Å²) in [7, 11) is 1.82. The number of aromatic hydroxyl groups is 2. The number of rotatable bonds is 11.